The molecule has 0 heterocycles. The van der Waals surface area contributed by atoms with Gasteiger partial charge < -0.3 is 0 Å². The summed E-state index contributed by atoms with van der Waals surface area (Å²) in [5, 5.41) is 0.552. The van der Waals surface area contributed by atoms with Crippen molar-refractivity contribution in [3.8, 4) is 0 Å². The van der Waals surface area contributed by atoms with Crippen molar-refractivity contribution in [3.63, 3.8) is 0 Å². The Bertz CT molecular complexity index is 544. The zero-order valence-electron chi connectivity index (χ0n) is 16.7. The van der Waals surface area contributed by atoms with Crippen molar-refractivity contribution in [2.75, 3.05) is 5.33 Å². The van der Waals surface area contributed by atoms with Crippen LogP contribution in [0.5, 0.6) is 0 Å². The minimum Gasteiger partial charge on any atom is -0.298 e. The molecule has 1 nitrogen and oxygen atoms in total. The Morgan fingerprint density at radius 3 is 2.40 bits per heavy atom. The van der Waals surface area contributed by atoms with Crippen LogP contribution in [0.2, 0.25) is 0 Å². The second kappa shape index (κ2) is 6.35. The predicted molar refractivity (Wildman–Crippen MR) is 108 cm³/mol. The summed E-state index contributed by atoms with van der Waals surface area (Å²) in [5.41, 5.74) is 0.869. The second-order valence-electron chi connectivity index (χ2n) is 10.9. The lowest BCUT2D eigenvalue weighted by Crippen LogP contribution is -2.53. The van der Waals surface area contributed by atoms with Crippen LogP contribution in [0.4, 0.5) is 0 Å². The normalized spacial score (nSPS) is 55.2. The van der Waals surface area contributed by atoms with Gasteiger partial charge in [-0.3, -0.25) is 4.79 Å². The van der Waals surface area contributed by atoms with Crippen molar-refractivity contribution >= 4 is 21.7 Å². The van der Waals surface area contributed by atoms with Crippen LogP contribution in [0.25, 0.3) is 0 Å². The van der Waals surface area contributed by atoms with Gasteiger partial charge in [-0.25, -0.2) is 0 Å². The first-order valence-electron chi connectivity index (χ1n) is 10.9. The van der Waals surface area contributed by atoms with E-state index in [1.807, 2.05) is 0 Å². The molecule has 0 radical (unpaired) electrons. The van der Waals surface area contributed by atoms with E-state index in [-0.39, 0.29) is 5.41 Å². The molecule has 4 aliphatic carbocycles. The Hall–Kier alpha value is 0.150. The van der Waals surface area contributed by atoms with Crippen LogP contribution in [0.1, 0.15) is 79.1 Å². The van der Waals surface area contributed by atoms with E-state index in [2.05, 4.69) is 43.6 Å². The Kier molecular flexibility index (Phi) is 4.70. The molecule has 7 unspecified atom stereocenters. The van der Waals surface area contributed by atoms with E-state index < -0.39 is 0 Å². The summed E-state index contributed by atoms with van der Waals surface area (Å²) < 4.78 is 0. The molecule has 0 aromatic carbocycles. The zero-order chi connectivity index (χ0) is 18.0. The quantitative estimate of drug-likeness (QED) is 0.476. The van der Waals surface area contributed by atoms with Crippen LogP contribution in [0, 0.1) is 52.3 Å². The lowest BCUT2D eigenvalue weighted by atomic mass is 9.44. The summed E-state index contributed by atoms with van der Waals surface area (Å²) in [6.45, 7) is 9.97. The Balaban J connectivity index is 1.63. The molecule has 142 valence electrons. The van der Waals surface area contributed by atoms with Gasteiger partial charge in [-0.2, -0.15) is 0 Å². The first-order valence-corrected chi connectivity index (χ1v) is 12.0. The monoisotopic (exact) mass is 408 g/mol. The van der Waals surface area contributed by atoms with Gasteiger partial charge >= 0.3 is 0 Å². The van der Waals surface area contributed by atoms with Gasteiger partial charge in [0.1, 0.15) is 5.78 Å². The molecule has 4 saturated carbocycles. The smallest absolute Gasteiger partial charge is 0.147 e. The molecule has 0 aromatic rings. The highest BCUT2D eigenvalue weighted by Crippen LogP contribution is 2.68. The van der Waals surface area contributed by atoms with E-state index in [1.165, 1.54) is 51.4 Å². The summed E-state index contributed by atoms with van der Waals surface area (Å²) in [5.74, 6) is 5.89. The van der Waals surface area contributed by atoms with Gasteiger partial charge in [0, 0.05) is 5.92 Å². The van der Waals surface area contributed by atoms with Gasteiger partial charge in [0.25, 0.3) is 0 Å². The van der Waals surface area contributed by atoms with Gasteiger partial charge in [-0.15, -0.1) is 0 Å². The average molecular weight is 409 g/mol. The van der Waals surface area contributed by atoms with Crippen molar-refractivity contribution in [3.05, 3.63) is 0 Å². The summed E-state index contributed by atoms with van der Waals surface area (Å²) in [4.78, 5) is 12.7. The molecule has 25 heavy (non-hydrogen) atoms. The number of carbonyl (C=O) groups is 1. The third kappa shape index (κ3) is 2.63. The van der Waals surface area contributed by atoms with E-state index >= 15 is 0 Å². The second-order valence-corrected chi connectivity index (χ2v) is 11.4. The molecule has 0 N–H and O–H groups in total. The molecule has 0 aliphatic heterocycles. The summed E-state index contributed by atoms with van der Waals surface area (Å²) in [7, 11) is 0. The standard InChI is InChI=1S/C23H37BrO/c1-14-7-9-22(3)16(11-14)5-6-17-18(22)8-10-23(4)19(17)12-15(2)21(23)20(25)13-24/h14-19,21H,5-13H2,1-4H3/t14?,15-,16?,17?,18?,19?,21?,22+,23?/m1/s1. The number of halogens is 1. The molecule has 2 heteroatoms. The number of rotatable bonds is 2. The Morgan fingerprint density at radius 2 is 1.68 bits per heavy atom. The molecule has 9 atom stereocenters. The molecule has 4 fully saturated rings. The Labute approximate surface area is 163 Å². The summed E-state index contributed by atoms with van der Waals surface area (Å²) >= 11 is 3.47. The third-order valence-corrected chi connectivity index (χ3v) is 10.3. The van der Waals surface area contributed by atoms with Crippen LogP contribution in [0.3, 0.4) is 0 Å². The first kappa shape index (κ1) is 18.5. The van der Waals surface area contributed by atoms with E-state index in [9.17, 15) is 4.79 Å². The summed E-state index contributed by atoms with van der Waals surface area (Å²) in [6, 6.07) is 0. The van der Waals surface area contributed by atoms with Crippen molar-refractivity contribution in [1.29, 1.82) is 0 Å². The number of hydrogen-bond donors (Lipinski definition) is 0. The number of alkyl halides is 1. The SMILES string of the molecule is CC1CC[C@@]2(C)C(CCC3C4C[C@@H](C)C(C(=O)CBr)C4(C)CCC32)C1. The molecule has 0 bridgehead atoms. The fourth-order valence-electron chi connectivity index (χ4n) is 8.61. The van der Waals surface area contributed by atoms with Crippen molar-refractivity contribution in [2.45, 2.75) is 79.1 Å². The van der Waals surface area contributed by atoms with Crippen LogP contribution in [-0.4, -0.2) is 11.1 Å². The lowest BCUT2D eigenvalue weighted by molar-refractivity contribution is -0.135. The highest BCUT2D eigenvalue weighted by molar-refractivity contribution is 9.09. The van der Waals surface area contributed by atoms with E-state index in [0.717, 1.165) is 29.6 Å². The summed E-state index contributed by atoms with van der Waals surface area (Å²) in [6.07, 6.45) is 11.3. The molecular formula is C23H37BrO. The van der Waals surface area contributed by atoms with E-state index in [4.69, 9.17) is 0 Å². The predicted octanol–water partition coefficient (Wildman–Crippen LogP) is 6.49. The maximum absolute atomic E-state index is 12.7. The highest BCUT2D eigenvalue weighted by Gasteiger charge is 2.62. The zero-order valence-corrected chi connectivity index (χ0v) is 18.3. The number of carbonyl (C=O) groups excluding carboxylic acids is 1. The first-order chi connectivity index (χ1) is 11.8. The van der Waals surface area contributed by atoms with E-state index in [1.54, 1.807) is 0 Å². The molecule has 0 spiro atoms. The fraction of sp³-hybridized carbons (Fsp3) is 0.957. The number of ketones is 1. The minimum atomic E-state index is 0.274. The lowest BCUT2D eigenvalue weighted by Gasteiger charge is -2.61. The topological polar surface area (TPSA) is 17.1 Å². The molecule has 4 rings (SSSR count). The van der Waals surface area contributed by atoms with Gasteiger partial charge in [0.2, 0.25) is 0 Å². The van der Waals surface area contributed by atoms with Gasteiger partial charge in [-0.05, 0) is 91.3 Å². The minimum absolute atomic E-state index is 0.274. The third-order valence-electron chi connectivity index (χ3n) is 9.75. The average Bonchev–Trinajstić information content (AvgIpc) is 2.85. The highest BCUT2D eigenvalue weighted by atomic mass is 79.9. The van der Waals surface area contributed by atoms with Crippen molar-refractivity contribution in [1.82, 2.24) is 0 Å². The molecular weight excluding hydrogens is 372 g/mol. The number of hydrogen-bond acceptors (Lipinski definition) is 1. The Morgan fingerprint density at radius 1 is 0.960 bits per heavy atom. The molecule has 4 aliphatic rings. The van der Waals surface area contributed by atoms with Crippen LogP contribution >= 0.6 is 15.9 Å². The molecule has 0 amide bonds. The molecule has 0 saturated heterocycles. The number of Topliss-reactive ketones (excluding diaryl/α,β-unsaturated/α-hetero) is 1. The van der Waals surface area contributed by atoms with Crippen LogP contribution < -0.4 is 0 Å². The van der Waals surface area contributed by atoms with Crippen molar-refractivity contribution < 1.29 is 4.79 Å². The maximum Gasteiger partial charge on any atom is 0.147 e. The number of fused-ring (bicyclic) bond motifs is 5. The van der Waals surface area contributed by atoms with E-state index in [0.29, 0.717) is 28.4 Å². The fourth-order valence-corrected chi connectivity index (χ4v) is 8.95. The largest absolute Gasteiger partial charge is 0.298 e. The van der Waals surface area contributed by atoms with Crippen LogP contribution in [0.15, 0.2) is 0 Å². The van der Waals surface area contributed by atoms with Crippen LogP contribution in [-0.2, 0) is 4.79 Å². The van der Waals surface area contributed by atoms with Gasteiger partial charge in [0.15, 0.2) is 0 Å². The van der Waals surface area contributed by atoms with Gasteiger partial charge in [-0.1, -0.05) is 50.0 Å². The van der Waals surface area contributed by atoms with Crippen molar-refractivity contribution in [2.24, 2.45) is 52.3 Å². The maximum atomic E-state index is 12.7. The van der Waals surface area contributed by atoms with Gasteiger partial charge in [0.05, 0.1) is 5.33 Å². The molecule has 0 aromatic heterocycles.